The Morgan fingerprint density at radius 2 is 1.43 bits per heavy atom. The molecule has 0 aromatic rings. The monoisotopic (exact) mass is 344 g/mol. The van der Waals surface area contributed by atoms with E-state index in [9.17, 15) is 40.9 Å². The fraction of sp³-hybridized carbons (Fsp3) is 1.00. The molecule has 9 atom stereocenters. The second-order valence-corrected chi connectivity index (χ2v) is 5.35. The van der Waals surface area contributed by atoms with Gasteiger partial charge in [0.05, 0.1) is 31.8 Å². The van der Waals surface area contributed by atoms with Crippen LogP contribution in [0.4, 0.5) is 0 Å². The quantitative estimate of drug-likeness (QED) is 0.203. The highest BCUT2D eigenvalue weighted by Gasteiger charge is 2.44. The van der Waals surface area contributed by atoms with E-state index in [4.69, 9.17) is 14.6 Å². The number of rotatable bonds is 8. The Labute approximate surface area is 131 Å². The third-order valence-corrected chi connectivity index (χ3v) is 3.67. The SMILES string of the molecule is OC[C@@H](O)[C@@H](O)[C@H](O)[C@H](O)COC1O[C@@H](O)[C@@H](O)[C@@H](O)[C@H]1CO. The summed E-state index contributed by atoms with van der Waals surface area (Å²) in [6.07, 6.45) is -13.4. The highest BCUT2D eigenvalue weighted by molar-refractivity contribution is 4.86. The molecular formula is C12H24O11. The molecule has 0 aromatic carbocycles. The van der Waals surface area contributed by atoms with Crippen LogP contribution in [0.3, 0.4) is 0 Å². The van der Waals surface area contributed by atoms with E-state index in [1.165, 1.54) is 0 Å². The topological polar surface area (TPSA) is 201 Å². The Bertz CT molecular complexity index is 343. The summed E-state index contributed by atoms with van der Waals surface area (Å²) in [5.41, 5.74) is 0. The number of hydrogen-bond donors (Lipinski definition) is 9. The number of ether oxygens (including phenoxy) is 2. The lowest BCUT2D eigenvalue weighted by Gasteiger charge is -2.40. The van der Waals surface area contributed by atoms with Gasteiger partial charge < -0.3 is 55.4 Å². The maximum atomic E-state index is 9.70. The van der Waals surface area contributed by atoms with Crippen LogP contribution in [0.25, 0.3) is 0 Å². The normalized spacial score (nSPS) is 37.2. The lowest BCUT2D eigenvalue weighted by Crippen LogP contribution is -2.57. The van der Waals surface area contributed by atoms with Crippen LogP contribution in [-0.2, 0) is 9.47 Å². The summed E-state index contributed by atoms with van der Waals surface area (Å²) in [7, 11) is 0. The van der Waals surface area contributed by atoms with Crippen LogP contribution < -0.4 is 0 Å². The first-order chi connectivity index (χ1) is 10.7. The summed E-state index contributed by atoms with van der Waals surface area (Å²) < 4.78 is 9.89. The Kier molecular flexibility index (Phi) is 8.20. The zero-order valence-electron chi connectivity index (χ0n) is 12.2. The molecule has 1 unspecified atom stereocenters. The van der Waals surface area contributed by atoms with E-state index in [1.54, 1.807) is 0 Å². The van der Waals surface area contributed by atoms with Gasteiger partial charge in [0.25, 0.3) is 0 Å². The van der Waals surface area contributed by atoms with E-state index < -0.39 is 74.9 Å². The molecule has 11 heteroatoms. The van der Waals surface area contributed by atoms with Gasteiger partial charge in [0.15, 0.2) is 12.6 Å². The van der Waals surface area contributed by atoms with E-state index in [0.29, 0.717) is 0 Å². The summed E-state index contributed by atoms with van der Waals surface area (Å²) in [6, 6.07) is 0. The van der Waals surface area contributed by atoms with Crippen molar-refractivity contribution in [1.82, 2.24) is 0 Å². The summed E-state index contributed by atoms with van der Waals surface area (Å²) >= 11 is 0. The number of hydrogen-bond acceptors (Lipinski definition) is 11. The van der Waals surface area contributed by atoms with Gasteiger partial charge in [0.2, 0.25) is 0 Å². The van der Waals surface area contributed by atoms with Crippen LogP contribution in [0.15, 0.2) is 0 Å². The lowest BCUT2D eigenvalue weighted by atomic mass is 9.94. The fourth-order valence-electron chi connectivity index (χ4n) is 2.11. The minimum atomic E-state index is -1.85. The van der Waals surface area contributed by atoms with Crippen molar-refractivity contribution >= 4 is 0 Å². The zero-order chi connectivity index (χ0) is 17.7. The third-order valence-electron chi connectivity index (χ3n) is 3.67. The van der Waals surface area contributed by atoms with Crippen LogP contribution in [0, 0.1) is 5.92 Å². The second-order valence-electron chi connectivity index (χ2n) is 5.35. The van der Waals surface area contributed by atoms with Gasteiger partial charge in [-0.2, -0.15) is 0 Å². The highest BCUT2D eigenvalue weighted by Crippen LogP contribution is 2.26. The van der Waals surface area contributed by atoms with Crippen LogP contribution >= 0.6 is 0 Å². The van der Waals surface area contributed by atoms with Crippen molar-refractivity contribution in [2.24, 2.45) is 5.92 Å². The minimum absolute atomic E-state index is 0.646. The molecule has 0 bridgehead atoms. The summed E-state index contributed by atoms with van der Waals surface area (Å²) in [5.74, 6) is -1.12. The molecule has 23 heavy (non-hydrogen) atoms. The van der Waals surface area contributed by atoms with Gasteiger partial charge in [-0.05, 0) is 0 Å². The molecule has 9 N–H and O–H groups in total. The molecule has 138 valence electrons. The van der Waals surface area contributed by atoms with E-state index >= 15 is 0 Å². The van der Waals surface area contributed by atoms with Crippen molar-refractivity contribution < 1.29 is 55.4 Å². The Morgan fingerprint density at radius 1 is 0.870 bits per heavy atom. The molecule has 1 aliphatic rings. The number of aliphatic hydroxyl groups is 9. The molecule has 11 nitrogen and oxygen atoms in total. The van der Waals surface area contributed by atoms with Crippen molar-refractivity contribution in [1.29, 1.82) is 0 Å². The summed E-state index contributed by atoms with van der Waals surface area (Å²) in [6.45, 7) is -2.13. The van der Waals surface area contributed by atoms with Crippen LogP contribution in [-0.4, -0.2) is 115 Å². The van der Waals surface area contributed by atoms with Crippen molar-refractivity contribution in [3.8, 4) is 0 Å². The van der Waals surface area contributed by atoms with Gasteiger partial charge in [-0.3, -0.25) is 0 Å². The fourth-order valence-corrected chi connectivity index (χ4v) is 2.11. The molecule has 0 aliphatic carbocycles. The predicted octanol–water partition coefficient (Wildman–Crippen LogP) is -5.56. The van der Waals surface area contributed by atoms with E-state index in [-0.39, 0.29) is 0 Å². The molecule has 0 saturated carbocycles. The van der Waals surface area contributed by atoms with Gasteiger partial charge in [-0.25, -0.2) is 0 Å². The van der Waals surface area contributed by atoms with Crippen molar-refractivity contribution in [3.05, 3.63) is 0 Å². The Hall–Kier alpha value is -0.440. The minimum Gasteiger partial charge on any atom is -0.396 e. The third kappa shape index (κ3) is 5.01. The Balaban J connectivity index is 2.58. The van der Waals surface area contributed by atoms with Crippen LogP contribution in [0.1, 0.15) is 0 Å². The Morgan fingerprint density at radius 3 is 1.96 bits per heavy atom. The molecule has 0 aromatic heterocycles. The second kappa shape index (κ2) is 9.15. The molecule has 0 spiro atoms. The largest absolute Gasteiger partial charge is 0.396 e. The molecule has 1 fully saturated rings. The van der Waals surface area contributed by atoms with Gasteiger partial charge in [0, 0.05) is 0 Å². The van der Waals surface area contributed by atoms with Gasteiger partial charge in [-0.1, -0.05) is 0 Å². The summed E-state index contributed by atoms with van der Waals surface area (Å²) in [4.78, 5) is 0. The highest BCUT2D eigenvalue weighted by atomic mass is 16.7. The maximum absolute atomic E-state index is 9.70. The first-order valence-corrected chi connectivity index (χ1v) is 6.99. The molecule has 0 radical (unpaired) electrons. The lowest BCUT2D eigenvalue weighted by molar-refractivity contribution is -0.336. The molecule has 0 amide bonds. The molecule has 1 heterocycles. The molecule has 1 rings (SSSR count). The predicted molar refractivity (Wildman–Crippen MR) is 70.5 cm³/mol. The summed E-state index contributed by atoms with van der Waals surface area (Å²) in [5, 5.41) is 84.3. The van der Waals surface area contributed by atoms with Gasteiger partial charge >= 0.3 is 0 Å². The number of aliphatic hydroxyl groups excluding tert-OH is 9. The zero-order valence-corrected chi connectivity index (χ0v) is 12.2. The standard InChI is InChI=1S/C12H24O11/c13-1-4-7(17)10(20)11(21)23-12(4)22-3-6(16)9(19)8(18)5(15)2-14/h4-21H,1-3H2/t4-,5-,6-,7+,8-,9-,10+,11-,12?/m1/s1. The molecule has 1 aliphatic heterocycles. The van der Waals surface area contributed by atoms with Crippen molar-refractivity contribution in [3.63, 3.8) is 0 Å². The molecular weight excluding hydrogens is 320 g/mol. The molecule has 1 saturated heterocycles. The van der Waals surface area contributed by atoms with E-state index in [1.807, 2.05) is 0 Å². The smallest absolute Gasteiger partial charge is 0.186 e. The van der Waals surface area contributed by atoms with Crippen LogP contribution in [0.2, 0.25) is 0 Å². The van der Waals surface area contributed by atoms with Crippen molar-refractivity contribution in [2.75, 3.05) is 19.8 Å². The van der Waals surface area contributed by atoms with Gasteiger partial charge in [-0.15, -0.1) is 0 Å². The van der Waals surface area contributed by atoms with E-state index in [0.717, 1.165) is 0 Å². The first-order valence-electron chi connectivity index (χ1n) is 6.99. The first kappa shape index (κ1) is 20.6. The maximum Gasteiger partial charge on any atom is 0.186 e. The average Bonchev–Trinajstić information content (AvgIpc) is 2.55. The van der Waals surface area contributed by atoms with Crippen LogP contribution in [0.5, 0.6) is 0 Å². The average molecular weight is 344 g/mol. The van der Waals surface area contributed by atoms with Gasteiger partial charge in [0.1, 0.15) is 30.5 Å². The van der Waals surface area contributed by atoms with E-state index in [2.05, 4.69) is 0 Å². The van der Waals surface area contributed by atoms with Crippen molar-refractivity contribution in [2.45, 2.75) is 49.2 Å².